The molecule has 28 heavy (non-hydrogen) atoms. The molecule has 1 aromatic rings. The molecule has 0 radical (unpaired) electrons. The van der Waals surface area contributed by atoms with E-state index in [1.807, 2.05) is 0 Å². The van der Waals surface area contributed by atoms with Gasteiger partial charge in [-0.15, -0.1) is 33.2 Å². The monoisotopic (exact) mass is 432 g/mol. The number of azo groups is 1. The van der Waals surface area contributed by atoms with Gasteiger partial charge in [0, 0.05) is 0 Å². The van der Waals surface area contributed by atoms with Crippen LogP contribution >= 0.6 is 22.9 Å². The van der Waals surface area contributed by atoms with E-state index in [1.54, 1.807) is 27.7 Å². The summed E-state index contributed by atoms with van der Waals surface area (Å²) < 4.78 is 14.8. The number of rotatable bonds is 9. The minimum absolute atomic E-state index is 0.0168. The van der Waals surface area contributed by atoms with Crippen molar-refractivity contribution in [2.45, 2.75) is 27.7 Å². The number of hydrogen-bond acceptors (Lipinski definition) is 10. The summed E-state index contributed by atoms with van der Waals surface area (Å²) in [6.45, 7) is 6.73. The van der Waals surface area contributed by atoms with Crippen molar-refractivity contribution < 1.29 is 33.7 Å². The molecule has 154 valence electrons. The number of allylic oxidation sites excluding steroid dienone is 1. The van der Waals surface area contributed by atoms with E-state index in [1.165, 1.54) is 0 Å². The first-order valence-electron chi connectivity index (χ1n) is 8.36. The van der Waals surface area contributed by atoms with Gasteiger partial charge in [-0.25, -0.2) is 14.4 Å². The Morgan fingerprint density at radius 2 is 1.61 bits per heavy atom. The third-order valence-corrected chi connectivity index (χ3v) is 4.59. The van der Waals surface area contributed by atoms with E-state index < -0.39 is 35.2 Å². The van der Waals surface area contributed by atoms with Crippen LogP contribution in [0.2, 0.25) is 0 Å². The van der Waals surface area contributed by atoms with E-state index in [2.05, 4.69) is 10.2 Å². The van der Waals surface area contributed by atoms with Crippen LogP contribution in [0.25, 0.3) is 0 Å². The van der Waals surface area contributed by atoms with Crippen LogP contribution in [0.4, 0.5) is 5.00 Å². The van der Waals surface area contributed by atoms with E-state index in [0.717, 1.165) is 11.3 Å². The summed E-state index contributed by atoms with van der Waals surface area (Å²) in [7, 11) is 0. The molecule has 0 bridgehead atoms. The SMILES string of the molecule is CCOC(=O)C(N=Nc1sc(C(=O)OCC)c(C)c1C(=O)OCC)=C(O)CCl. The fourth-order valence-corrected chi connectivity index (χ4v) is 3.12. The van der Waals surface area contributed by atoms with Crippen LogP contribution in [0.1, 0.15) is 46.4 Å². The van der Waals surface area contributed by atoms with Gasteiger partial charge in [0.1, 0.15) is 16.2 Å². The van der Waals surface area contributed by atoms with E-state index in [-0.39, 0.29) is 35.3 Å². The van der Waals surface area contributed by atoms with Gasteiger partial charge in [0.05, 0.1) is 25.7 Å². The first-order valence-corrected chi connectivity index (χ1v) is 9.71. The molecule has 0 aliphatic heterocycles. The standard InChI is InChI=1S/C17H21ClN2O7S/c1-5-25-15(22)11-9(4)13(17(24)27-7-3)28-14(11)20-19-12(10(21)8-18)16(23)26-6-2/h21H,5-8H2,1-4H3. The normalized spacial score (nSPS) is 11.9. The highest BCUT2D eigenvalue weighted by Crippen LogP contribution is 2.37. The summed E-state index contributed by atoms with van der Waals surface area (Å²) in [5, 5.41) is 17.4. The van der Waals surface area contributed by atoms with E-state index >= 15 is 0 Å². The molecule has 1 N–H and O–H groups in total. The Hall–Kier alpha value is -2.46. The zero-order valence-electron chi connectivity index (χ0n) is 15.9. The Bertz CT molecular complexity index is 802. The lowest BCUT2D eigenvalue weighted by atomic mass is 10.1. The zero-order valence-corrected chi connectivity index (χ0v) is 17.5. The lowest BCUT2D eigenvalue weighted by Crippen LogP contribution is -2.09. The molecule has 0 aromatic carbocycles. The van der Waals surface area contributed by atoms with Gasteiger partial charge in [-0.05, 0) is 33.3 Å². The Kier molecular flexibility index (Phi) is 9.60. The maximum absolute atomic E-state index is 12.3. The second kappa shape index (κ2) is 11.4. The number of aliphatic hydroxyl groups is 1. The molecule has 1 heterocycles. The predicted octanol–water partition coefficient (Wildman–Crippen LogP) is 4.07. The van der Waals surface area contributed by atoms with Crippen LogP contribution in [0.15, 0.2) is 21.7 Å². The number of halogens is 1. The molecule has 1 aromatic heterocycles. The molecule has 0 saturated heterocycles. The fraction of sp³-hybridized carbons (Fsp3) is 0.471. The summed E-state index contributed by atoms with van der Waals surface area (Å²) in [6.07, 6.45) is 0. The number of ether oxygens (including phenoxy) is 3. The largest absolute Gasteiger partial charge is 0.508 e. The molecule has 9 nitrogen and oxygen atoms in total. The number of esters is 3. The van der Waals surface area contributed by atoms with Crippen molar-refractivity contribution >= 4 is 45.8 Å². The zero-order chi connectivity index (χ0) is 21.3. The molecule has 0 aliphatic rings. The highest BCUT2D eigenvalue weighted by atomic mass is 35.5. The minimum Gasteiger partial charge on any atom is -0.508 e. The number of hydrogen-bond donors (Lipinski definition) is 1. The number of nitrogens with zero attached hydrogens (tertiary/aromatic N) is 2. The second-order valence-electron chi connectivity index (χ2n) is 5.03. The molecule has 1 rings (SSSR count). The van der Waals surface area contributed by atoms with Gasteiger partial charge >= 0.3 is 17.9 Å². The highest BCUT2D eigenvalue weighted by Gasteiger charge is 2.27. The van der Waals surface area contributed by atoms with Crippen molar-refractivity contribution in [2.24, 2.45) is 10.2 Å². The van der Waals surface area contributed by atoms with E-state index in [0.29, 0.717) is 5.56 Å². The molecule has 0 aliphatic carbocycles. The molecule has 0 spiro atoms. The first kappa shape index (κ1) is 23.6. The lowest BCUT2D eigenvalue weighted by molar-refractivity contribution is -0.138. The smallest absolute Gasteiger partial charge is 0.362 e. The molecule has 0 unspecified atom stereocenters. The molecule has 0 fully saturated rings. The van der Waals surface area contributed by atoms with Crippen molar-refractivity contribution in [3.63, 3.8) is 0 Å². The Balaban J connectivity index is 3.46. The van der Waals surface area contributed by atoms with E-state index in [4.69, 9.17) is 25.8 Å². The molecule has 11 heteroatoms. The van der Waals surface area contributed by atoms with Crippen molar-refractivity contribution in [3.05, 3.63) is 27.5 Å². The molecular weight excluding hydrogens is 412 g/mol. The van der Waals surface area contributed by atoms with Crippen LogP contribution < -0.4 is 0 Å². The number of carbonyl (C=O) groups is 3. The quantitative estimate of drug-likeness (QED) is 0.156. The second-order valence-corrected chi connectivity index (χ2v) is 6.29. The van der Waals surface area contributed by atoms with Gasteiger partial charge in [-0.2, -0.15) is 0 Å². The van der Waals surface area contributed by atoms with E-state index in [9.17, 15) is 19.5 Å². The predicted molar refractivity (Wildman–Crippen MR) is 102 cm³/mol. The third kappa shape index (κ3) is 5.77. The summed E-state index contributed by atoms with van der Waals surface area (Å²) in [5.41, 5.74) is -0.165. The Morgan fingerprint density at radius 1 is 1.04 bits per heavy atom. The van der Waals surface area contributed by atoms with Crippen LogP contribution in [0, 0.1) is 6.92 Å². The van der Waals surface area contributed by atoms with Gasteiger partial charge in [0.15, 0.2) is 5.00 Å². The number of thiophene rings is 1. The third-order valence-electron chi connectivity index (χ3n) is 3.18. The maximum atomic E-state index is 12.3. The maximum Gasteiger partial charge on any atom is 0.362 e. The highest BCUT2D eigenvalue weighted by molar-refractivity contribution is 7.18. The van der Waals surface area contributed by atoms with Crippen molar-refractivity contribution in [3.8, 4) is 0 Å². The average molecular weight is 433 g/mol. The Morgan fingerprint density at radius 3 is 2.14 bits per heavy atom. The average Bonchev–Trinajstić information content (AvgIpc) is 2.98. The topological polar surface area (TPSA) is 124 Å². The van der Waals surface area contributed by atoms with Crippen LogP contribution in [0.3, 0.4) is 0 Å². The number of aliphatic hydroxyl groups excluding tert-OH is 1. The van der Waals surface area contributed by atoms with Crippen molar-refractivity contribution in [2.75, 3.05) is 25.7 Å². The summed E-state index contributed by atoms with van der Waals surface area (Å²) in [4.78, 5) is 36.5. The first-order chi connectivity index (χ1) is 13.3. The van der Waals surface area contributed by atoms with Gasteiger partial charge < -0.3 is 19.3 Å². The van der Waals surface area contributed by atoms with Gasteiger partial charge in [-0.1, -0.05) is 0 Å². The van der Waals surface area contributed by atoms with Crippen LogP contribution in [-0.4, -0.2) is 48.7 Å². The lowest BCUT2D eigenvalue weighted by Gasteiger charge is -2.04. The fourth-order valence-electron chi connectivity index (χ4n) is 1.98. The molecule has 0 amide bonds. The minimum atomic E-state index is -0.930. The van der Waals surface area contributed by atoms with Crippen molar-refractivity contribution in [1.82, 2.24) is 0 Å². The van der Waals surface area contributed by atoms with Gasteiger partial charge in [0.25, 0.3) is 0 Å². The van der Waals surface area contributed by atoms with Crippen molar-refractivity contribution in [1.29, 1.82) is 0 Å². The van der Waals surface area contributed by atoms with Crippen LogP contribution in [-0.2, 0) is 19.0 Å². The molecule has 0 atom stereocenters. The summed E-state index contributed by atoms with van der Waals surface area (Å²) in [6, 6.07) is 0. The van der Waals surface area contributed by atoms with Crippen LogP contribution in [0.5, 0.6) is 0 Å². The van der Waals surface area contributed by atoms with Gasteiger partial charge in [-0.3, -0.25) is 0 Å². The molecular formula is C17H21ClN2O7S. The summed E-state index contributed by atoms with van der Waals surface area (Å²) in [5.74, 6) is -3.19. The Labute approximate surface area is 170 Å². The molecule has 0 saturated carbocycles. The summed E-state index contributed by atoms with van der Waals surface area (Å²) >= 11 is 6.40. The van der Waals surface area contributed by atoms with Gasteiger partial charge in [0.2, 0.25) is 5.70 Å². The number of alkyl halides is 1. The number of carbonyl (C=O) groups excluding carboxylic acids is 3.